The second-order valence-electron chi connectivity index (χ2n) is 10.1. The zero-order valence-corrected chi connectivity index (χ0v) is 18.6. The molecule has 2 atom stereocenters. The number of carbonyl (C=O) groups is 1. The maximum atomic E-state index is 12.3. The van der Waals surface area contributed by atoms with E-state index in [1.54, 1.807) is 0 Å². The van der Waals surface area contributed by atoms with Crippen LogP contribution in [0.15, 0.2) is 0 Å². The van der Waals surface area contributed by atoms with Crippen molar-refractivity contribution >= 4 is 6.09 Å². The number of amides is 1. The minimum atomic E-state index is -0.420. The number of rotatable bonds is 4. The highest BCUT2D eigenvalue weighted by atomic mass is 16.6. The molecule has 3 rings (SSSR count). The van der Waals surface area contributed by atoms with Gasteiger partial charge in [-0.1, -0.05) is 19.3 Å². The van der Waals surface area contributed by atoms with Crippen LogP contribution in [-0.2, 0) is 4.74 Å². The monoisotopic (exact) mass is 394 g/mol. The van der Waals surface area contributed by atoms with E-state index in [1.165, 1.54) is 45.1 Å². The molecule has 2 aliphatic heterocycles. The van der Waals surface area contributed by atoms with Gasteiger partial charge in [0.1, 0.15) is 5.60 Å². The number of piperazine rings is 1. The van der Waals surface area contributed by atoms with Crippen LogP contribution in [0.1, 0.15) is 59.3 Å². The number of hydrogen-bond donors (Lipinski definition) is 1. The van der Waals surface area contributed by atoms with Gasteiger partial charge in [-0.05, 0) is 59.5 Å². The summed E-state index contributed by atoms with van der Waals surface area (Å²) < 4.78 is 5.55. The van der Waals surface area contributed by atoms with Crippen LogP contribution >= 0.6 is 0 Å². The Morgan fingerprint density at radius 2 is 1.75 bits per heavy atom. The maximum absolute atomic E-state index is 12.3. The van der Waals surface area contributed by atoms with Gasteiger partial charge in [-0.3, -0.25) is 4.90 Å². The molecule has 162 valence electrons. The van der Waals surface area contributed by atoms with Gasteiger partial charge in [-0.25, -0.2) is 4.79 Å². The minimum absolute atomic E-state index is 0.164. The second-order valence-corrected chi connectivity index (χ2v) is 10.1. The number of piperidine rings is 1. The molecule has 1 saturated carbocycles. The standard InChI is InChI=1S/C22H42N4O2/c1-22(2,3)28-21(27)26-14-12-25(13-15-26)20-16-23-11-10-18(20)17-24(4)19-8-6-5-7-9-19/h18-20,23H,5-17H2,1-4H3. The van der Waals surface area contributed by atoms with Gasteiger partial charge in [0.05, 0.1) is 0 Å². The van der Waals surface area contributed by atoms with Crippen molar-refractivity contribution in [2.24, 2.45) is 5.92 Å². The second kappa shape index (κ2) is 9.77. The molecule has 1 amide bonds. The minimum Gasteiger partial charge on any atom is -0.444 e. The Kier molecular flexibility index (Phi) is 7.62. The first-order valence-electron chi connectivity index (χ1n) is 11.5. The summed E-state index contributed by atoms with van der Waals surface area (Å²) in [6.45, 7) is 12.7. The molecule has 6 nitrogen and oxygen atoms in total. The predicted molar refractivity (Wildman–Crippen MR) is 114 cm³/mol. The normalized spacial score (nSPS) is 28.5. The lowest BCUT2D eigenvalue weighted by atomic mass is 9.88. The van der Waals surface area contributed by atoms with Gasteiger partial charge in [0.15, 0.2) is 0 Å². The van der Waals surface area contributed by atoms with E-state index in [0.29, 0.717) is 6.04 Å². The molecular weight excluding hydrogens is 352 g/mol. The summed E-state index contributed by atoms with van der Waals surface area (Å²) in [5.74, 6) is 0.723. The molecule has 0 radical (unpaired) electrons. The average Bonchev–Trinajstić information content (AvgIpc) is 2.68. The lowest BCUT2D eigenvalue weighted by molar-refractivity contribution is 0.00136. The van der Waals surface area contributed by atoms with Crippen LogP contribution in [-0.4, -0.2) is 91.3 Å². The number of ether oxygens (including phenoxy) is 1. The molecule has 6 heteroatoms. The highest BCUT2D eigenvalue weighted by molar-refractivity contribution is 5.68. The molecule has 2 unspecified atom stereocenters. The Hall–Kier alpha value is -0.850. The Morgan fingerprint density at radius 3 is 2.39 bits per heavy atom. The van der Waals surface area contributed by atoms with Crippen molar-refractivity contribution < 1.29 is 9.53 Å². The third-order valence-corrected chi connectivity index (χ3v) is 6.75. The molecule has 1 aliphatic carbocycles. The average molecular weight is 395 g/mol. The van der Waals surface area contributed by atoms with Crippen LogP contribution in [0.3, 0.4) is 0 Å². The SMILES string of the molecule is CN(CC1CCNCC1N1CCN(C(=O)OC(C)(C)C)CC1)C1CCCCC1. The summed E-state index contributed by atoms with van der Waals surface area (Å²) in [5.41, 5.74) is -0.420. The molecule has 0 spiro atoms. The Labute approximate surface area is 171 Å². The van der Waals surface area contributed by atoms with Crippen molar-refractivity contribution in [3.05, 3.63) is 0 Å². The van der Waals surface area contributed by atoms with Crippen LogP contribution < -0.4 is 5.32 Å². The summed E-state index contributed by atoms with van der Waals surface area (Å²) in [6, 6.07) is 1.37. The number of hydrogen-bond acceptors (Lipinski definition) is 5. The third-order valence-electron chi connectivity index (χ3n) is 6.75. The van der Waals surface area contributed by atoms with Crippen LogP contribution in [0, 0.1) is 5.92 Å². The smallest absolute Gasteiger partial charge is 0.410 e. The fraction of sp³-hybridized carbons (Fsp3) is 0.955. The molecule has 3 fully saturated rings. The quantitative estimate of drug-likeness (QED) is 0.795. The van der Waals surface area contributed by atoms with Crippen molar-refractivity contribution in [2.45, 2.75) is 77.0 Å². The van der Waals surface area contributed by atoms with Gasteiger partial charge < -0.3 is 19.9 Å². The first kappa shape index (κ1) is 21.8. The van der Waals surface area contributed by atoms with E-state index in [4.69, 9.17) is 4.74 Å². The number of nitrogens with zero attached hydrogens (tertiary/aromatic N) is 3. The van der Waals surface area contributed by atoms with E-state index in [9.17, 15) is 4.79 Å². The zero-order chi connectivity index (χ0) is 20.1. The number of carbonyl (C=O) groups excluding carboxylic acids is 1. The van der Waals surface area contributed by atoms with Gasteiger partial charge in [-0.15, -0.1) is 0 Å². The van der Waals surface area contributed by atoms with Crippen molar-refractivity contribution in [1.82, 2.24) is 20.0 Å². The first-order valence-corrected chi connectivity index (χ1v) is 11.5. The third kappa shape index (κ3) is 6.07. The first-order chi connectivity index (χ1) is 13.3. The Balaban J connectivity index is 1.51. The molecule has 2 saturated heterocycles. The van der Waals surface area contributed by atoms with E-state index < -0.39 is 5.60 Å². The van der Waals surface area contributed by atoms with Crippen molar-refractivity contribution in [3.63, 3.8) is 0 Å². The van der Waals surface area contributed by atoms with Crippen LogP contribution in [0.4, 0.5) is 4.79 Å². The van der Waals surface area contributed by atoms with E-state index in [2.05, 4.69) is 22.2 Å². The van der Waals surface area contributed by atoms with Crippen molar-refractivity contribution in [3.8, 4) is 0 Å². The van der Waals surface area contributed by atoms with Gasteiger partial charge in [-0.2, -0.15) is 0 Å². The molecule has 28 heavy (non-hydrogen) atoms. The van der Waals surface area contributed by atoms with Gasteiger partial charge in [0, 0.05) is 51.4 Å². The highest BCUT2D eigenvalue weighted by Crippen LogP contribution is 2.26. The Morgan fingerprint density at radius 1 is 1.07 bits per heavy atom. The van der Waals surface area contributed by atoms with Crippen LogP contribution in [0.25, 0.3) is 0 Å². The zero-order valence-electron chi connectivity index (χ0n) is 18.6. The molecule has 3 aliphatic rings. The summed E-state index contributed by atoms with van der Waals surface area (Å²) >= 11 is 0. The van der Waals surface area contributed by atoms with E-state index in [-0.39, 0.29) is 6.09 Å². The van der Waals surface area contributed by atoms with E-state index >= 15 is 0 Å². The fourth-order valence-electron chi connectivity index (χ4n) is 5.14. The number of nitrogens with one attached hydrogen (secondary N) is 1. The molecule has 0 aromatic rings. The van der Waals surface area contributed by atoms with Crippen molar-refractivity contribution in [2.75, 3.05) is 52.9 Å². The maximum Gasteiger partial charge on any atom is 0.410 e. The van der Waals surface area contributed by atoms with E-state index in [1.807, 2.05) is 25.7 Å². The summed E-state index contributed by atoms with van der Waals surface area (Å²) in [7, 11) is 2.34. The summed E-state index contributed by atoms with van der Waals surface area (Å²) in [4.78, 5) is 19.5. The largest absolute Gasteiger partial charge is 0.444 e. The summed E-state index contributed by atoms with van der Waals surface area (Å²) in [5, 5.41) is 3.61. The molecule has 0 aromatic carbocycles. The lowest BCUT2D eigenvalue weighted by Gasteiger charge is -2.46. The van der Waals surface area contributed by atoms with Crippen LogP contribution in [0.2, 0.25) is 0 Å². The van der Waals surface area contributed by atoms with Crippen molar-refractivity contribution in [1.29, 1.82) is 0 Å². The molecule has 2 heterocycles. The van der Waals surface area contributed by atoms with Crippen LogP contribution in [0.5, 0.6) is 0 Å². The molecular formula is C22H42N4O2. The van der Waals surface area contributed by atoms with Gasteiger partial charge >= 0.3 is 6.09 Å². The Bertz CT molecular complexity index is 493. The van der Waals surface area contributed by atoms with E-state index in [0.717, 1.165) is 51.2 Å². The molecule has 1 N–H and O–H groups in total. The van der Waals surface area contributed by atoms with Gasteiger partial charge in [0.25, 0.3) is 0 Å². The highest BCUT2D eigenvalue weighted by Gasteiger charge is 2.35. The molecule has 0 bridgehead atoms. The summed E-state index contributed by atoms with van der Waals surface area (Å²) in [6.07, 6.45) is 8.06. The topological polar surface area (TPSA) is 48.0 Å². The predicted octanol–water partition coefficient (Wildman–Crippen LogP) is 2.78. The molecule has 0 aromatic heterocycles. The lowest BCUT2D eigenvalue weighted by Crippen LogP contribution is -2.60. The van der Waals surface area contributed by atoms with Gasteiger partial charge in [0.2, 0.25) is 0 Å². The fourth-order valence-corrected chi connectivity index (χ4v) is 5.14.